The Morgan fingerprint density at radius 2 is 1.78 bits per heavy atom. The van der Waals surface area contributed by atoms with Crippen molar-refractivity contribution < 1.29 is 9.90 Å². The lowest BCUT2D eigenvalue weighted by atomic mass is 10.1. The third-order valence-electron chi connectivity index (χ3n) is 3.88. The van der Waals surface area contributed by atoms with Gasteiger partial charge in [0.05, 0.1) is 22.7 Å². The number of aliphatic hydroxyl groups is 1. The first kappa shape index (κ1) is 16.1. The molecule has 0 aliphatic carbocycles. The maximum absolute atomic E-state index is 12.5. The molecule has 0 saturated carbocycles. The Balaban J connectivity index is 1.69. The molecule has 0 unspecified atom stereocenters. The second-order valence-corrected chi connectivity index (χ2v) is 6.22. The predicted octanol–water partition coefficient (Wildman–Crippen LogP) is 3.97. The van der Waals surface area contributed by atoms with Gasteiger partial charge in [-0.2, -0.15) is 0 Å². The number of urea groups is 1. The van der Waals surface area contributed by atoms with Crippen LogP contribution < -0.4 is 4.90 Å². The van der Waals surface area contributed by atoms with Crippen molar-refractivity contribution >= 4 is 34.9 Å². The third kappa shape index (κ3) is 3.44. The monoisotopic (exact) mass is 350 g/mol. The highest BCUT2D eigenvalue weighted by Gasteiger charge is 2.31. The molecule has 23 heavy (non-hydrogen) atoms. The molecule has 0 aromatic heterocycles. The summed E-state index contributed by atoms with van der Waals surface area (Å²) >= 11 is 11.9. The molecule has 2 aromatic rings. The molecule has 0 bridgehead atoms. The van der Waals surface area contributed by atoms with Crippen molar-refractivity contribution in [2.24, 2.45) is 0 Å². The normalized spacial score (nSPS) is 16.0. The summed E-state index contributed by atoms with van der Waals surface area (Å²) in [6.07, 6.45) is -0.801. The van der Waals surface area contributed by atoms with Crippen molar-refractivity contribution in [3.63, 3.8) is 0 Å². The number of rotatable bonds is 4. The molecular formula is C17H16Cl2N2O2. The van der Waals surface area contributed by atoms with Gasteiger partial charge in [-0.25, -0.2) is 4.79 Å². The number of aliphatic hydroxyl groups excluding tert-OH is 1. The zero-order chi connectivity index (χ0) is 16.4. The van der Waals surface area contributed by atoms with Crippen LogP contribution in [0.15, 0.2) is 48.5 Å². The Kier molecular flexibility index (Phi) is 4.76. The lowest BCUT2D eigenvalue weighted by molar-refractivity contribution is 0.133. The first-order chi connectivity index (χ1) is 11.1. The number of carbonyl (C=O) groups is 1. The minimum absolute atomic E-state index is 0.102. The van der Waals surface area contributed by atoms with Crippen molar-refractivity contribution in [1.29, 1.82) is 0 Å². The summed E-state index contributed by atoms with van der Waals surface area (Å²) in [5.41, 5.74) is 1.51. The van der Waals surface area contributed by atoms with Gasteiger partial charge in [-0.05, 0) is 29.8 Å². The van der Waals surface area contributed by atoms with E-state index in [0.29, 0.717) is 28.7 Å². The maximum atomic E-state index is 12.5. The van der Waals surface area contributed by atoms with E-state index >= 15 is 0 Å². The van der Waals surface area contributed by atoms with E-state index in [9.17, 15) is 9.90 Å². The summed E-state index contributed by atoms with van der Waals surface area (Å²) in [6, 6.07) is 14.4. The fraction of sp³-hybridized carbons (Fsp3) is 0.235. The van der Waals surface area contributed by atoms with Crippen LogP contribution in [0.4, 0.5) is 10.5 Å². The lowest BCUT2D eigenvalue weighted by Crippen LogP contribution is -2.34. The Hall–Kier alpha value is -1.75. The first-order valence-electron chi connectivity index (χ1n) is 7.31. The quantitative estimate of drug-likeness (QED) is 0.906. The number of benzene rings is 2. The summed E-state index contributed by atoms with van der Waals surface area (Å²) in [4.78, 5) is 15.8. The van der Waals surface area contributed by atoms with Crippen LogP contribution in [-0.4, -0.2) is 35.7 Å². The standard InChI is InChI=1S/C17H16Cl2N2O2/c18-14-7-6-12(10-15(14)19)16(22)11-20-8-9-21(17(20)23)13-4-2-1-3-5-13/h1-7,10,16,22H,8-9,11H2/t16-/m1/s1. The van der Waals surface area contributed by atoms with Crippen LogP contribution in [0.1, 0.15) is 11.7 Å². The Bertz CT molecular complexity index is 709. The third-order valence-corrected chi connectivity index (χ3v) is 4.62. The Morgan fingerprint density at radius 3 is 2.48 bits per heavy atom. The van der Waals surface area contributed by atoms with Crippen LogP contribution >= 0.6 is 23.2 Å². The molecule has 1 aliphatic heterocycles. The maximum Gasteiger partial charge on any atom is 0.324 e. The van der Waals surface area contributed by atoms with Gasteiger partial charge < -0.3 is 10.0 Å². The largest absolute Gasteiger partial charge is 0.387 e. The number of para-hydroxylation sites is 1. The SMILES string of the molecule is O=C1N(C[C@@H](O)c2ccc(Cl)c(Cl)c2)CCN1c1ccccc1. The molecule has 2 aromatic carbocycles. The minimum atomic E-state index is -0.801. The van der Waals surface area contributed by atoms with E-state index in [0.717, 1.165) is 5.69 Å². The predicted molar refractivity (Wildman–Crippen MR) is 92.2 cm³/mol. The van der Waals surface area contributed by atoms with Gasteiger partial charge in [0.1, 0.15) is 0 Å². The van der Waals surface area contributed by atoms with Gasteiger partial charge in [0.15, 0.2) is 0 Å². The summed E-state index contributed by atoms with van der Waals surface area (Å²) in [5.74, 6) is 0. The smallest absolute Gasteiger partial charge is 0.324 e. The van der Waals surface area contributed by atoms with Gasteiger partial charge in [-0.3, -0.25) is 4.90 Å². The van der Waals surface area contributed by atoms with Crippen LogP contribution in [-0.2, 0) is 0 Å². The molecule has 3 rings (SSSR count). The van der Waals surface area contributed by atoms with E-state index in [1.54, 1.807) is 28.0 Å². The second-order valence-electron chi connectivity index (χ2n) is 5.41. The number of anilines is 1. The fourth-order valence-electron chi connectivity index (χ4n) is 2.63. The molecule has 1 saturated heterocycles. The zero-order valence-electron chi connectivity index (χ0n) is 12.3. The zero-order valence-corrected chi connectivity index (χ0v) is 13.8. The van der Waals surface area contributed by atoms with E-state index < -0.39 is 6.10 Å². The number of carbonyl (C=O) groups excluding carboxylic acids is 1. The summed E-state index contributed by atoms with van der Waals surface area (Å²) < 4.78 is 0. The fourth-order valence-corrected chi connectivity index (χ4v) is 2.94. The molecule has 120 valence electrons. The second kappa shape index (κ2) is 6.79. The van der Waals surface area contributed by atoms with E-state index in [-0.39, 0.29) is 12.6 Å². The minimum Gasteiger partial charge on any atom is -0.387 e. The molecular weight excluding hydrogens is 335 g/mol. The molecule has 1 atom stereocenters. The number of amides is 2. The highest BCUT2D eigenvalue weighted by atomic mass is 35.5. The van der Waals surface area contributed by atoms with Crippen molar-refractivity contribution in [2.75, 3.05) is 24.5 Å². The molecule has 4 nitrogen and oxygen atoms in total. The molecule has 1 heterocycles. The van der Waals surface area contributed by atoms with Crippen molar-refractivity contribution in [1.82, 2.24) is 4.90 Å². The van der Waals surface area contributed by atoms with Gasteiger partial charge in [0.25, 0.3) is 0 Å². The first-order valence-corrected chi connectivity index (χ1v) is 8.06. The molecule has 0 spiro atoms. The van der Waals surface area contributed by atoms with Crippen molar-refractivity contribution in [2.45, 2.75) is 6.10 Å². The number of hydrogen-bond donors (Lipinski definition) is 1. The van der Waals surface area contributed by atoms with Crippen LogP contribution in [0.25, 0.3) is 0 Å². The number of halogens is 2. The van der Waals surface area contributed by atoms with Crippen molar-refractivity contribution in [3.8, 4) is 0 Å². The topological polar surface area (TPSA) is 43.8 Å². The molecule has 0 radical (unpaired) electrons. The van der Waals surface area contributed by atoms with Gasteiger partial charge in [-0.15, -0.1) is 0 Å². The van der Waals surface area contributed by atoms with Crippen LogP contribution in [0.3, 0.4) is 0 Å². The average Bonchev–Trinajstić information content (AvgIpc) is 2.92. The van der Waals surface area contributed by atoms with Crippen LogP contribution in [0.2, 0.25) is 10.0 Å². The van der Waals surface area contributed by atoms with Crippen LogP contribution in [0, 0.1) is 0 Å². The summed E-state index contributed by atoms with van der Waals surface area (Å²) in [6.45, 7) is 1.41. The molecule has 2 amide bonds. The summed E-state index contributed by atoms with van der Waals surface area (Å²) in [7, 11) is 0. The van der Waals surface area contributed by atoms with Gasteiger partial charge >= 0.3 is 6.03 Å². The highest BCUT2D eigenvalue weighted by molar-refractivity contribution is 6.42. The van der Waals surface area contributed by atoms with Gasteiger partial charge in [0.2, 0.25) is 0 Å². The molecule has 1 fully saturated rings. The number of nitrogens with zero attached hydrogens (tertiary/aromatic N) is 2. The van der Waals surface area contributed by atoms with E-state index in [4.69, 9.17) is 23.2 Å². The highest BCUT2D eigenvalue weighted by Crippen LogP contribution is 2.27. The van der Waals surface area contributed by atoms with E-state index in [1.807, 2.05) is 30.3 Å². The van der Waals surface area contributed by atoms with E-state index in [1.165, 1.54) is 0 Å². The summed E-state index contributed by atoms with van der Waals surface area (Å²) in [5, 5.41) is 11.2. The van der Waals surface area contributed by atoms with E-state index in [2.05, 4.69) is 0 Å². The number of hydrogen-bond acceptors (Lipinski definition) is 2. The molecule has 1 N–H and O–H groups in total. The van der Waals surface area contributed by atoms with Gasteiger partial charge in [0, 0.05) is 18.8 Å². The Labute approximate surface area is 144 Å². The molecule has 6 heteroatoms. The number of β-amino-alcohol motifs (C(OH)–C–C–N with tert-alkyl or cyclic N) is 1. The molecule has 1 aliphatic rings. The van der Waals surface area contributed by atoms with Crippen molar-refractivity contribution in [3.05, 3.63) is 64.1 Å². The van der Waals surface area contributed by atoms with Gasteiger partial charge in [-0.1, -0.05) is 47.5 Å². The lowest BCUT2D eigenvalue weighted by Gasteiger charge is -2.21. The Morgan fingerprint density at radius 1 is 1.04 bits per heavy atom. The van der Waals surface area contributed by atoms with Crippen LogP contribution in [0.5, 0.6) is 0 Å². The average molecular weight is 351 g/mol.